The van der Waals surface area contributed by atoms with Crippen LogP contribution in [0.5, 0.6) is 0 Å². The number of nitrogens with one attached hydrogen (secondary N) is 1. The minimum Gasteiger partial charge on any atom is -0.394 e. The minimum absolute atomic E-state index is 0.220. The van der Waals surface area contributed by atoms with Gasteiger partial charge in [0, 0.05) is 6.42 Å². The molecule has 12 unspecified atom stereocenters. The van der Waals surface area contributed by atoms with E-state index in [9.17, 15) is 45.6 Å². The average Bonchev–Trinajstić information content (AvgIpc) is 0.844. The number of carbonyl (C=O) groups excluding carboxylic acids is 1. The molecular formula is C78H129NO13. The molecule has 0 spiro atoms. The number of amides is 1. The summed E-state index contributed by atoms with van der Waals surface area (Å²) in [5.41, 5.74) is 0. The Morgan fingerprint density at radius 2 is 0.761 bits per heavy atom. The molecule has 0 aromatic carbocycles. The average molecular weight is 1290 g/mol. The van der Waals surface area contributed by atoms with Gasteiger partial charge in [-0.05, 0) is 116 Å². The van der Waals surface area contributed by atoms with Crippen molar-refractivity contribution in [3.05, 3.63) is 146 Å². The van der Waals surface area contributed by atoms with E-state index in [-0.39, 0.29) is 18.9 Å². The third kappa shape index (κ3) is 43.8. The number of hydrogen-bond acceptors (Lipinski definition) is 13. The number of aliphatic hydroxyl groups is 8. The maximum atomic E-state index is 13.3. The highest BCUT2D eigenvalue weighted by Crippen LogP contribution is 2.30. The lowest BCUT2D eigenvalue weighted by molar-refractivity contribution is -0.359. The van der Waals surface area contributed by atoms with Crippen molar-refractivity contribution in [1.82, 2.24) is 5.32 Å². The normalized spacial score (nSPS) is 23.6. The highest BCUT2D eigenvalue weighted by Gasteiger charge is 2.51. The van der Waals surface area contributed by atoms with Crippen LogP contribution in [0.25, 0.3) is 0 Å². The molecule has 9 N–H and O–H groups in total. The molecule has 0 saturated carbocycles. The molecule has 2 aliphatic heterocycles. The number of aliphatic hydroxyl groups excluding tert-OH is 8. The highest BCUT2D eigenvalue weighted by molar-refractivity contribution is 5.76. The van der Waals surface area contributed by atoms with Gasteiger partial charge in [-0.3, -0.25) is 4.79 Å². The van der Waals surface area contributed by atoms with E-state index in [0.717, 1.165) is 103 Å². The molecule has 2 heterocycles. The molecular weight excluding hydrogens is 1160 g/mol. The molecule has 2 aliphatic rings. The number of carbonyl (C=O) groups is 1. The topological polar surface area (TPSA) is 228 Å². The predicted octanol–water partition coefficient (Wildman–Crippen LogP) is 15.2. The minimum atomic E-state index is -1.81. The molecule has 14 heteroatoms. The zero-order valence-electron chi connectivity index (χ0n) is 57.0. The summed E-state index contributed by atoms with van der Waals surface area (Å²) in [5, 5.41) is 87.4. The van der Waals surface area contributed by atoms with Crippen molar-refractivity contribution >= 4 is 5.91 Å². The quantitative estimate of drug-likeness (QED) is 0.0204. The molecule has 2 rings (SSSR count). The number of ether oxygens (including phenoxy) is 4. The highest BCUT2D eigenvalue weighted by atomic mass is 16.7. The maximum absolute atomic E-state index is 13.3. The number of allylic oxidation sites excluding steroid dienone is 23. The SMILES string of the molecule is CC/C=C\C/C=C\C/C=C\C/C=C\C/C=C\C/C=C\C/C=C\C/C=C\C/C=C\CCCCCC(=O)NC(COC1OC(CO)C(OC2OC(CO)C(O)C(O)C2O)C(O)C1O)C(O)/C=C/CC/C=C/CC/C=C/CCCCCCCCCCCCCCCCCCC. The third-order valence-electron chi connectivity index (χ3n) is 16.5. The Bertz CT molecular complexity index is 2110. The molecule has 2 saturated heterocycles. The second-order valence-electron chi connectivity index (χ2n) is 24.6. The summed E-state index contributed by atoms with van der Waals surface area (Å²) in [4.78, 5) is 13.3. The van der Waals surface area contributed by atoms with Gasteiger partial charge in [-0.2, -0.15) is 0 Å². The Kier molecular flexibility index (Phi) is 55.2. The number of rotatable bonds is 57. The second-order valence-corrected chi connectivity index (χ2v) is 24.6. The second kappa shape index (κ2) is 60.5. The predicted molar refractivity (Wildman–Crippen MR) is 378 cm³/mol. The first kappa shape index (κ1) is 84.0. The van der Waals surface area contributed by atoms with E-state index in [1.54, 1.807) is 6.08 Å². The van der Waals surface area contributed by atoms with Crippen molar-refractivity contribution < 1.29 is 64.6 Å². The van der Waals surface area contributed by atoms with Gasteiger partial charge in [0.1, 0.15) is 48.8 Å². The molecule has 92 heavy (non-hydrogen) atoms. The number of hydrogen-bond donors (Lipinski definition) is 9. The van der Waals surface area contributed by atoms with Gasteiger partial charge in [-0.1, -0.05) is 269 Å². The molecule has 0 aromatic heterocycles. The van der Waals surface area contributed by atoms with Gasteiger partial charge in [0.05, 0.1) is 32.0 Å². The fraction of sp³-hybridized carbons (Fsp3) is 0.679. The van der Waals surface area contributed by atoms with Crippen LogP contribution < -0.4 is 5.32 Å². The Labute approximate surface area is 557 Å². The van der Waals surface area contributed by atoms with Crippen LogP contribution in [0, 0.1) is 0 Å². The Hall–Kier alpha value is -4.13. The van der Waals surface area contributed by atoms with Crippen molar-refractivity contribution in [2.75, 3.05) is 19.8 Å². The van der Waals surface area contributed by atoms with Crippen LogP contribution in [0.15, 0.2) is 146 Å². The summed E-state index contributed by atoms with van der Waals surface area (Å²) < 4.78 is 22.8. The van der Waals surface area contributed by atoms with Gasteiger partial charge < -0.3 is 65.1 Å². The summed E-state index contributed by atoms with van der Waals surface area (Å²) in [7, 11) is 0. The van der Waals surface area contributed by atoms with Crippen LogP contribution in [0.1, 0.15) is 245 Å². The molecule has 14 nitrogen and oxygen atoms in total. The first-order valence-corrected chi connectivity index (χ1v) is 36.1. The summed E-state index contributed by atoms with van der Waals surface area (Å²) >= 11 is 0. The molecule has 0 aromatic rings. The summed E-state index contributed by atoms with van der Waals surface area (Å²) in [6.07, 6.45) is 74.7. The van der Waals surface area contributed by atoms with Crippen LogP contribution in [0.3, 0.4) is 0 Å². The van der Waals surface area contributed by atoms with Crippen molar-refractivity contribution in [2.45, 2.75) is 319 Å². The Balaban J connectivity index is 1.74. The van der Waals surface area contributed by atoms with Crippen molar-refractivity contribution in [1.29, 1.82) is 0 Å². The van der Waals surface area contributed by atoms with Crippen molar-refractivity contribution in [2.24, 2.45) is 0 Å². The van der Waals surface area contributed by atoms with Crippen LogP contribution in [0.2, 0.25) is 0 Å². The van der Waals surface area contributed by atoms with Gasteiger partial charge in [-0.25, -0.2) is 0 Å². The standard InChI is InChI=1S/C78H129NO13/c1-3-5-7-9-11-13-15-17-19-21-23-25-27-29-31-32-33-34-36-38-40-42-44-46-48-50-52-54-56-58-60-62-70(83)79-66(65-89-77-75(88)73(86)76(69(64-81)91-77)92-78-74(87)72(85)71(84)68(63-80)90-78)67(82)61-59-57-55-53-51-49-47-45-43-41-39-37-35-30-28-26-24-22-20-18-16-14-12-10-8-6-4-2/h5,7,11,13,17,19,23,25,29,31,33-34,38,40,43-46,50-53,59,61,66-69,71-78,80-82,84-88H,3-4,6,8-10,12,14-16,18,20-22,24,26-28,30,32,35-37,39,41-42,47-49,54-58,60,62-65H2,1-2H3,(H,79,83)/b7-5-,13-11-,19-17-,25-23-,31-29-,34-33-,40-38-,45-43+,46-44-,52-50-,53-51+,61-59+. The fourth-order valence-corrected chi connectivity index (χ4v) is 10.8. The molecule has 0 aliphatic carbocycles. The Morgan fingerprint density at radius 1 is 0.402 bits per heavy atom. The van der Waals surface area contributed by atoms with Crippen LogP contribution in [0.4, 0.5) is 0 Å². The summed E-state index contributed by atoms with van der Waals surface area (Å²) in [6, 6.07) is -0.970. The van der Waals surface area contributed by atoms with E-state index >= 15 is 0 Å². The summed E-state index contributed by atoms with van der Waals surface area (Å²) in [6.45, 7) is 2.64. The van der Waals surface area contributed by atoms with Crippen molar-refractivity contribution in [3.63, 3.8) is 0 Å². The fourth-order valence-electron chi connectivity index (χ4n) is 10.8. The smallest absolute Gasteiger partial charge is 0.220 e. The largest absolute Gasteiger partial charge is 0.394 e. The lowest BCUT2D eigenvalue weighted by atomic mass is 9.97. The van der Waals surface area contributed by atoms with E-state index in [2.05, 4.69) is 153 Å². The zero-order chi connectivity index (χ0) is 66.6. The third-order valence-corrected chi connectivity index (χ3v) is 16.5. The monoisotopic (exact) mass is 1290 g/mol. The first-order chi connectivity index (χ1) is 45.1. The summed E-state index contributed by atoms with van der Waals surface area (Å²) in [5.74, 6) is -0.290. The van der Waals surface area contributed by atoms with E-state index in [4.69, 9.17) is 18.9 Å². The van der Waals surface area contributed by atoms with Gasteiger partial charge >= 0.3 is 0 Å². The Morgan fingerprint density at radius 3 is 1.20 bits per heavy atom. The van der Waals surface area contributed by atoms with E-state index in [1.165, 1.54) is 109 Å². The molecule has 12 atom stereocenters. The van der Waals surface area contributed by atoms with Gasteiger partial charge in [-0.15, -0.1) is 0 Å². The van der Waals surface area contributed by atoms with Crippen LogP contribution >= 0.6 is 0 Å². The molecule has 524 valence electrons. The van der Waals surface area contributed by atoms with Crippen molar-refractivity contribution in [3.8, 4) is 0 Å². The lowest BCUT2D eigenvalue weighted by Gasteiger charge is -2.46. The van der Waals surface area contributed by atoms with Gasteiger partial charge in [0.15, 0.2) is 12.6 Å². The van der Waals surface area contributed by atoms with E-state index in [1.807, 2.05) is 6.08 Å². The van der Waals surface area contributed by atoms with Gasteiger partial charge in [0.2, 0.25) is 5.91 Å². The first-order valence-electron chi connectivity index (χ1n) is 36.1. The molecule has 2 fully saturated rings. The molecule has 0 bridgehead atoms. The lowest BCUT2D eigenvalue weighted by Crippen LogP contribution is -2.65. The zero-order valence-corrected chi connectivity index (χ0v) is 57.0. The van der Waals surface area contributed by atoms with Crippen LogP contribution in [-0.2, 0) is 23.7 Å². The van der Waals surface area contributed by atoms with Crippen LogP contribution in [-0.4, -0.2) is 140 Å². The maximum Gasteiger partial charge on any atom is 0.220 e. The van der Waals surface area contributed by atoms with E-state index in [0.29, 0.717) is 12.8 Å². The number of unbranched alkanes of at least 4 members (excludes halogenated alkanes) is 22. The molecule has 0 radical (unpaired) electrons. The van der Waals surface area contributed by atoms with E-state index < -0.39 is 86.8 Å². The molecule has 1 amide bonds. The van der Waals surface area contributed by atoms with Gasteiger partial charge in [0.25, 0.3) is 0 Å².